The van der Waals surface area contributed by atoms with Crippen LogP contribution in [0.1, 0.15) is 0 Å². The van der Waals surface area contributed by atoms with Gasteiger partial charge in [0.1, 0.15) is 0 Å². The van der Waals surface area contributed by atoms with E-state index in [1.165, 1.54) is 12.1 Å². The molecule has 0 saturated carbocycles. The van der Waals surface area contributed by atoms with Gasteiger partial charge in [-0.2, -0.15) is 0 Å². The van der Waals surface area contributed by atoms with Gasteiger partial charge in [0.05, 0.1) is 16.1 Å². The fraction of sp³-hybridized carbons (Fsp3) is 0.800. The van der Waals surface area contributed by atoms with Crippen LogP contribution in [0, 0.1) is 0 Å². The summed E-state index contributed by atoms with van der Waals surface area (Å²) >= 11 is 11.8. The fourth-order valence-corrected chi connectivity index (χ4v) is 3.40. The van der Waals surface area contributed by atoms with E-state index in [0.29, 0.717) is 0 Å². The molecule has 0 spiro atoms. The van der Waals surface area contributed by atoms with Gasteiger partial charge in [0.15, 0.2) is 0 Å². The van der Waals surface area contributed by atoms with E-state index in [4.69, 9.17) is 23.2 Å². The highest BCUT2D eigenvalue weighted by molar-refractivity contribution is 6.84. The fourth-order valence-electron chi connectivity index (χ4n) is 0.914. The molecular weight excluding hydrogens is 247 g/mol. The SMILES string of the molecule is C[Si](C)(CCl)C/C=C\C[Si](C)(C)CCl. The minimum Gasteiger partial charge on any atom is -0.130 e. The van der Waals surface area contributed by atoms with Gasteiger partial charge in [-0.3, -0.25) is 0 Å². The summed E-state index contributed by atoms with van der Waals surface area (Å²) in [6, 6.07) is 2.40. The quantitative estimate of drug-likeness (QED) is 0.378. The Morgan fingerprint density at radius 2 is 1.07 bits per heavy atom. The van der Waals surface area contributed by atoms with Crippen molar-refractivity contribution >= 4 is 39.3 Å². The second-order valence-corrected chi connectivity index (χ2v) is 17.1. The molecule has 0 aliphatic rings. The summed E-state index contributed by atoms with van der Waals surface area (Å²) in [5, 5.41) is 0. The highest BCUT2D eigenvalue weighted by Gasteiger charge is 2.18. The maximum absolute atomic E-state index is 5.90. The van der Waals surface area contributed by atoms with E-state index < -0.39 is 16.1 Å². The molecule has 0 fully saturated rings. The number of hydrogen-bond acceptors (Lipinski definition) is 0. The van der Waals surface area contributed by atoms with Crippen molar-refractivity contribution < 1.29 is 0 Å². The summed E-state index contributed by atoms with van der Waals surface area (Å²) in [5.41, 5.74) is 1.71. The summed E-state index contributed by atoms with van der Waals surface area (Å²) in [6.07, 6.45) is 4.63. The second-order valence-electron chi connectivity index (χ2n) is 5.48. The summed E-state index contributed by atoms with van der Waals surface area (Å²) in [4.78, 5) is 0. The number of halogens is 2. The molecule has 0 aliphatic heterocycles. The number of rotatable bonds is 6. The Hall–Kier alpha value is 0.754. The molecular formula is C10H22Cl2Si2. The molecule has 0 unspecified atom stereocenters. The highest BCUT2D eigenvalue weighted by atomic mass is 35.5. The van der Waals surface area contributed by atoms with E-state index in [-0.39, 0.29) is 0 Å². The number of allylic oxidation sites excluding steroid dienone is 2. The largest absolute Gasteiger partial charge is 0.130 e. The lowest BCUT2D eigenvalue weighted by Gasteiger charge is -2.17. The van der Waals surface area contributed by atoms with Gasteiger partial charge in [-0.15, -0.1) is 23.2 Å². The molecule has 0 saturated heterocycles. The maximum atomic E-state index is 5.90. The minimum atomic E-state index is -1.12. The van der Waals surface area contributed by atoms with Crippen LogP contribution in [-0.4, -0.2) is 27.2 Å². The summed E-state index contributed by atoms with van der Waals surface area (Å²) in [6.45, 7) is 9.31. The first kappa shape index (κ1) is 14.8. The van der Waals surface area contributed by atoms with Crippen LogP contribution >= 0.6 is 23.2 Å². The molecule has 0 aromatic heterocycles. The highest BCUT2D eigenvalue weighted by Crippen LogP contribution is 2.15. The lowest BCUT2D eigenvalue weighted by Crippen LogP contribution is -2.28. The zero-order chi connectivity index (χ0) is 11.2. The van der Waals surface area contributed by atoms with Crippen molar-refractivity contribution in [3.05, 3.63) is 12.2 Å². The van der Waals surface area contributed by atoms with E-state index >= 15 is 0 Å². The van der Waals surface area contributed by atoms with Gasteiger partial charge in [0, 0.05) is 11.0 Å². The van der Waals surface area contributed by atoms with E-state index in [1.54, 1.807) is 0 Å². The van der Waals surface area contributed by atoms with Gasteiger partial charge in [0.25, 0.3) is 0 Å². The average Bonchev–Trinajstić information content (AvgIpc) is 2.13. The summed E-state index contributed by atoms with van der Waals surface area (Å²) < 4.78 is 0. The van der Waals surface area contributed by atoms with Crippen LogP contribution in [0.25, 0.3) is 0 Å². The predicted molar refractivity (Wildman–Crippen MR) is 75.2 cm³/mol. The minimum absolute atomic E-state index is 0.855. The van der Waals surface area contributed by atoms with Crippen LogP contribution < -0.4 is 0 Å². The molecule has 0 N–H and O–H groups in total. The van der Waals surface area contributed by atoms with E-state index in [1.807, 2.05) is 0 Å². The zero-order valence-electron chi connectivity index (χ0n) is 9.74. The molecule has 4 heteroatoms. The van der Waals surface area contributed by atoms with Crippen molar-refractivity contribution in [1.29, 1.82) is 0 Å². The van der Waals surface area contributed by atoms with Crippen LogP contribution in [-0.2, 0) is 0 Å². The Labute approximate surface area is 101 Å². The van der Waals surface area contributed by atoms with Crippen LogP contribution in [0.15, 0.2) is 12.2 Å². The Morgan fingerprint density at radius 1 is 0.786 bits per heavy atom. The van der Waals surface area contributed by atoms with E-state index in [9.17, 15) is 0 Å². The molecule has 0 amide bonds. The van der Waals surface area contributed by atoms with Crippen LogP contribution in [0.5, 0.6) is 0 Å². The van der Waals surface area contributed by atoms with E-state index in [2.05, 4.69) is 38.3 Å². The van der Waals surface area contributed by atoms with Crippen LogP contribution in [0.3, 0.4) is 0 Å². The smallest absolute Gasteiger partial charge is 0.0676 e. The Morgan fingerprint density at radius 3 is 1.29 bits per heavy atom. The van der Waals surface area contributed by atoms with Crippen LogP contribution in [0.2, 0.25) is 38.3 Å². The summed E-state index contributed by atoms with van der Waals surface area (Å²) in [7, 11) is -2.25. The van der Waals surface area contributed by atoms with Crippen molar-refractivity contribution in [3.63, 3.8) is 0 Å². The molecule has 0 atom stereocenters. The standard InChI is InChI=1S/C10H22Cl2Si2/c1-13(2,9-11)7-5-6-8-14(3,4)10-12/h5-6H,7-10H2,1-4H3/b6-5-. The maximum Gasteiger partial charge on any atom is 0.0676 e. The zero-order valence-corrected chi connectivity index (χ0v) is 13.3. The van der Waals surface area contributed by atoms with Crippen molar-refractivity contribution in [2.75, 3.05) is 11.0 Å². The molecule has 84 valence electrons. The molecule has 0 aromatic carbocycles. The Balaban J connectivity index is 3.86. The average molecular weight is 269 g/mol. The van der Waals surface area contributed by atoms with Gasteiger partial charge < -0.3 is 0 Å². The van der Waals surface area contributed by atoms with Crippen molar-refractivity contribution in [3.8, 4) is 0 Å². The first-order chi connectivity index (χ1) is 6.33. The molecule has 0 heterocycles. The molecule has 0 bridgehead atoms. The van der Waals surface area contributed by atoms with Gasteiger partial charge in [-0.05, 0) is 12.1 Å². The van der Waals surface area contributed by atoms with Crippen molar-refractivity contribution in [1.82, 2.24) is 0 Å². The molecule has 0 nitrogen and oxygen atoms in total. The third-order valence-electron chi connectivity index (χ3n) is 2.23. The predicted octanol–water partition coefficient (Wildman–Crippen LogP) is 4.52. The summed E-state index contributed by atoms with van der Waals surface area (Å²) in [5.74, 6) is 0. The molecule has 0 aliphatic carbocycles. The van der Waals surface area contributed by atoms with Gasteiger partial charge >= 0.3 is 0 Å². The normalized spacial score (nSPS) is 13.9. The topological polar surface area (TPSA) is 0 Å². The molecule has 14 heavy (non-hydrogen) atoms. The lowest BCUT2D eigenvalue weighted by molar-refractivity contribution is 1.43. The first-order valence-corrected chi connectivity index (χ1v) is 13.0. The monoisotopic (exact) mass is 268 g/mol. The van der Waals surface area contributed by atoms with Crippen molar-refractivity contribution in [2.45, 2.75) is 38.3 Å². The van der Waals surface area contributed by atoms with Gasteiger partial charge in [-0.1, -0.05) is 38.3 Å². The Kier molecular flexibility index (Phi) is 6.70. The molecule has 0 rings (SSSR count). The van der Waals surface area contributed by atoms with E-state index in [0.717, 1.165) is 11.0 Å². The number of alkyl halides is 2. The molecule has 0 aromatic rings. The third-order valence-corrected chi connectivity index (χ3v) is 10.7. The lowest BCUT2D eigenvalue weighted by atomic mass is 10.6. The van der Waals surface area contributed by atoms with Gasteiger partial charge in [-0.25, -0.2) is 0 Å². The first-order valence-electron chi connectivity index (χ1n) is 5.10. The van der Waals surface area contributed by atoms with Crippen molar-refractivity contribution in [2.24, 2.45) is 0 Å². The Bertz CT molecular complexity index is 169. The second kappa shape index (κ2) is 6.36. The number of hydrogen-bond donors (Lipinski definition) is 0. The van der Waals surface area contributed by atoms with Crippen LogP contribution in [0.4, 0.5) is 0 Å². The molecule has 0 radical (unpaired) electrons. The third kappa shape index (κ3) is 7.10. The van der Waals surface area contributed by atoms with Gasteiger partial charge in [0.2, 0.25) is 0 Å².